The van der Waals surface area contributed by atoms with Gasteiger partial charge in [-0.2, -0.15) is 0 Å². The monoisotopic (exact) mass is 542 g/mol. The molecule has 10 nitrogen and oxygen atoms in total. The number of phenolic OH excluding ortho intramolecular Hbond substituents is 6. The van der Waals surface area contributed by atoms with Crippen molar-refractivity contribution in [3.8, 4) is 51.6 Å². The number of ketones is 1. The molecule has 1 aliphatic rings. The summed E-state index contributed by atoms with van der Waals surface area (Å²) in [6, 6.07) is 14.9. The van der Waals surface area contributed by atoms with E-state index in [1.807, 2.05) is 0 Å². The van der Waals surface area contributed by atoms with Crippen LogP contribution >= 0.6 is 0 Å². The summed E-state index contributed by atoms with van der Waals surface area (Å²) in [5.41, 5.74) is 0.423. The van der Waals surface area contributed by atoms with Gasteiger partial charge in [0.2, 0.25) is 5.78 Å². The van der Waals surface area contributed by atoms with Crippen molar-refractivity contribution < 1.29 is 49.7 Å². The van der Waals surface area contributed by atoms with E-state index in [-0.39, 0.29) is 51.7 Å². The van der Waals surface area contributed by atoms with Crippen molar-refractivity contribution >= 4 is 16.8 Å². The predicted octanol–water partition coefficient (Wildman–Crippen LogP) is 4.60. The third-order valence-corrected chi connectivity index (χ3v) is 6.88. The molecule has 0 saturated carbocycles. The van der Waals surface area contributed by atoms with Crippen molar-refractivity contribution in [2.45, 2.75) is 18.6 Å². The van der Waals surface area contributed by atoms with Crippen molar-refractivity contribution in [2.75, 3.05) is 0 Å². The number of ether oxygens (including phenoxy) is 1. The lowest BCUT2D eigenvalue weighted by Crippen LogP contribution is -2.30. The highest BCUT2D eigenvalue weighted by atomic mass is 16.5. The van der Waals surface area contributed by atoms with E-state index in [0.29, 0.717) is 16.7 Å². The molecule has 2 atom stereocenters. The first-order chi connectivity index (χ1) is 19.1. The molecule has 0 spiro atoms. The minimum atomic E-state index is -1.04. The molecule has 0 amide bonds. The maximum atomic E-state index is 14.1. The number of fused-ring (bicyclic) bond motifs is 3. The topological polar surface area (TPSA) is 181 Å². The molecule has 5 aromatic rings. The predicted molar refractivity (Wildman–Crippen MR) is 141 cm³/mol. The minimum absolute atomic E-state index is 0.0246. The number of carbonyl (C=O) groups is 1. The van der Waals surface area contributed by atoms with Crippen LogP contribution in [0.3, 0.4) is 0 Å². The molecule has 6 rings (SSSR count). The highest BCUT2D eigenvalue weighted by Crippen LogP contribution is 2.50. The molecule has 40 heavy (non-hydrogen) atoms. The van der Waals surface area contributed by atoms with Crippen molar-refractivity contribution in [2.24, 2.45) is 0 Å². The molecule has 2 heterocycles. The number of rotatable bonds is 4. The summed E-state index contributed by atoms with van der Waals surface area (Å²) in [4.78, 5) is 14.1. The zero-order valence-electron chi connectivity index (χ0n) is 20.6. The lowest BCUT2D eigenvalue weighted by Gasteiger charge is -2.31. The maximum absolute atomic E-state index is 14.1. The fourth-order valence-electron chi connectivity index (χ4n) is 5.05. The van der Waals surface area contributed by atoms with Crippen LogP contribution in [0.25, 0.3) is 22.3 Å². The Bertz CT molecular complexity index is 1760. The standard InChI is InChI=1S/C30H22O10/c31-16-5-1-13(2-6-16)27-21(36)9-15-10-22(37)30-25(29(15)39-27)24(28(40-30)14-3-7-17(32)8-4-14)26(38)23-19(34)11-18(33)12-20(23)35/h1-8,10-12,21,27,31-37H,9H2. The molecular weight excluding hydrogens is 520 g/mol. The van der Waals surface area contributed by atoms with Crippen LogP contribution in [0.5, 0.6) is 40.2 Å². The van der Waals surface area contributed by atoms with Crippen molar-refractivity contribution in [1.82, 2.24) is 0 Å². The zero-order chi connectivity index (χ0) is 28.3. The zero-order valence-corrected chi connectivity index (χ0v) is 20.6. The van der Waals surface area contributed by atoms with Crippen LogP contribution < -0.4 is 4.74 Å². The van der Waals surface area contributed by atoms with E-state index in [1.54, 1.807) is 12.1 Å². The fourth-order valence-corrected chi connectivity index (χ4v) is 5.05. The van der Waals surface area contributed by atoms with E-state index >= 15 is 0 Å². The van der Waals surface area contributed by atoms with Gasteiger partial charge in [0, 0.05) is 29.7 Å². The molecule has 202 valence electrons. The quantitative estimate of drug-likeness (QED) is 0.159. The van der Waals surface area contributed by atoms with Gasteiger partial charge < -0.3 is 44.9 Å². The summed E-state index contributed by atoms with van der Waals surface area (Å²) < 4.78 is 12.3. The Balaban J connectivity index is 1.64. The van der Waals surface area contributed by atoms with Crippen LogP contribution in [-0.4, -0.2) is 47.6 Å². The second-order valence-corrected chi connectivity index (χ2v) is 9.53. The molecule has 0 fully saturated rings. The Hall–Kier alpha value is -5.35. The van der Waals surface area contributed by atoms with Gasteiger partial charge in [0.15, 0.2) is 11.3 Å². The SMILES string of the molecule is O=C(c1c(O)cc(O)cc1O)c1c(-c2ccc(O)cc2)oc2c(O)cc3c(c12)OC(c1ccc(O)cc1)C(O)C3. The number of carbonyl (C=O) groups excluding carboxylic acids is 1. The summed E-state index contributed by atoms with van der Waals surface area (Å²) in [5.74, 6) is -3.04. The largest absolute Gasteiger partial charge is 0.508 e. The molecule has 0 radical (unpaired) electrons. The Morgan fingerprint density at radius 2 is 1.32 bits per heavy atom. The van der Waals surface area contributed by atoms with E-state index in [1.165, 1.54) is 42.5 Å². The average Bonchev–Trinajstić information content (AvgIpc) is 3.30. The maximum Gasteiger partial charge on any atom is 0.205 e. The van der Waals surface area contributed by atoms with Gasteiger partial charge in [-0.3, -0.25) is 4.79 Å². The number of hydrogen-bond acceptors (Lipinski definition) is 10. The van der Waals surface area contributed by atoms with Crippen LogP contribution in [0.2, 0.25) is 0 Å². The van der Waals surface area contributed by atoms with Crippen LogP contribution in [0.1, 0.15) is 33.2 Å². The van der Waals surface area contributed by atoms with Crippen molar-refractivity contribution in [3.05, 3.63) is 89.0 Å². The van der Waals surface area contributed by atoms with E-state index in [4.69, 9.17) is 9.15 Å². The first-order valence-electron chi connectivity index (χ1n) is 12.2. The molecule has 2 unspecified atom stereocenters. The van der Waals surface area contributed by atoms with Crippen LogP contribution in [-0.2, 0) is 6.42 Å². The molecule has 10 heteroatoms. The normalized spacial score (nSPS) is 16.4. The first-order valence-corrected chi connectivity index (χ1v) is 12.2. The van der Waals surface area contributed by atoms with E-state index in [0.717, 1.165) is 12.1 Å². The lowest BCUT2D eigenvalue weighted by atomic mass is 9.90. The van der Waals surface area contributed by atoms with Crippen LogP contribution in [0, 0.1) is 0 Å². The third-order valence-electron chi connectivity index (χ3n) is 6.88. The van der Waals surface area contributed by atoms with Gasteiger partial charge in [-0.15, -0.1) is 0 Å². The second kappa shape index (κ2) is 9.14. The van der Waals surface area contributed by atoms with Gasteiger partial charge in [0.1, 0.15) is 51.9 Å². The average molecular weight is 542 g/mol. The first kappa shape index (κ1) is 25.0. The minimum Gasteiger partial charge on any atom is -0.508 e. The smallest absolute Gasteiger partial charge is 0.205 e. The van der Waals surface area contributed by atoms with E-state index in [9.17, 15) is 40.5 Å². The third kappa shape index (κ3) is 3.98. The Labute approximate surface area is 225 Å². The summed E-state index contributed by atoms with van der Waals surface area (Å²) in [5, 5.41) is 72.1. The molecule has 0 bridgehead atoms. The van der Waals surface area contributed by atoms with Crippen LogP contribution in [0.15, 0.2) is 71.1 Å². The van der Waals surface area contributed by atoms with E-state index in [2.05, 4.69) is 0 Å². The highest BCUT2D eigenvalue weighted by Gasteiger charge is 2.37. The summed E-state index contributed by atoms with van der Waals surface area (Å²) >= 11 is 0. The number of aromatic hydroxyl groups is 6. The Kier molecular flexibility index (Phi) is 5.70. The number of aliphatic hydroxyl groups is 1. The summed E-state index contributed by atoms with van der Waals surface area (Å²) in [7, 11) is 0. The summed E-state index contributed by atoms with van der Waals surface area (Å²) in [6.07, 6.45) is -1.92. The summed E-state index contributed by atoms with van der Waals surface area (Å²) in [6.45, 7) is 0. The number of furan rings is 1. The van der Waals surface area contributed by atoms with E-state index < -0.39 is 40.8 Å². The second-order valence-electron chi connectivity index (χ2n) is 9.53. The van der Waals surface area contributed by atoms with Crippen LogP contribution in [0.4, 0.5) is 0 Å². The van der Waals surface area contributed by atoms with Gasteiger partial charge in [0.05, 0.1) is 17.1 Å². The molecule has 1 aromatic heterocycles. The number of benzene rings is 4. The number of aliphatic hydroxyl groups excluding tert-OH is 1. The Morgan fingerprint density at radius 1 is 0.725 bits per heavy atom. The number of hydrogen-bond donors (Lipinski definition) is 7. The fraction of sp³-hybridized carbons (Fsp3) is 0.100. The lowest BCUT2D eigenvalue weighted by molar-refractivity contribution is 0.0219. The van der Waals surface area contributed by atoms with Gasteiger partial charge in [-0.1, -0.05) is 12.1 Å². The Morgan fingerprint density at radius 3 is 1.95 bits per heavy atom. The highest BCUT2D eigenvalue weighted by molar-refractivity contribution is 6.23. The molecular formula is C30H22O10. The molecule has 1 aliphatic heterocycles. The number of phenols is 6. The molecule has 0 saturated heterocycles. The molecule has 0 aliphatic carbocycles. The van der Waals surface area contributed by atoms with Crippen molar-refractivity contribution in [1.29, 1.82) is 0 Å². The van der Waals surface area contributed by atoms with Gasteiger partial charge in [-0.05, 0) is 48.0 Å². The van der Waals surface area contributed by atoms with Gasteiger partial charge >= 0.3 is 0 Å². The van der Waals surface area contributed by atoms with Gasteiger partial charge in [-0.25, -0.2) is 0 Å². The van der Waals surface area contributed by atoms with Crippen molar-refractivity contribution in [3.63, 3.8) is 0 Å². The molecule has 7 N–H and O–H groups in total. The molecule has 4 aromatic carbocycles. The van der Waals surface area contributed by atoms with Gasteiger partial charge in [0.25, 0.3) is 0 Å².